The van der Waals surface area contributed by atoms with Gasteiger partial charge in [0, 0.05) is 17.8 Å². The minimum absolute atomic E-state index is 0.0321. The zero-order chi connectivity index (χ0) is 18.9. The molecule has 0 N–H and O–H groups in total. The predicted molar refractivity (Wildman–Crippen MR) is 114 cm³/mol. The fraction of sp³-hybridized carbons (Fsp3) is 0.160. The van der Waals surface area contributed by atoms with E-state index >= 15 is 0 Å². The molecule has 0 aromatic heterocycles. The number of para-hydroxylation sites is 1. The number of rotatable bonds is 7. The van der Waals surface area contributed by atoms with E-state index in [9.17, 15) is 4.79 Å². The quantitative estimate of drug-likeness (QED) is 0.372. The molecule has 0 bridgehead atoms. The first-order valence-corrected chi connectivity index (χ1v) is 9.48. The lowest BCUT2D eigenvalue weighted by atomic mass is 10.0. The van der Waals surface area contributed by atoms with Gasteiger partial charge in [0.25, 0.3) is 5.91 Å². The first-order chi connectivity index (χ1) is 13.3. The fourth-order valence-corrected chi connectivity index (χ4v) is 3.02. The van der Waals surface area contributed by atoms with E-state index in [1.54, 1.807) is 0 Å². The number of nitrogens with zero attached hydrogens (tertiary/aromatic N) is 1. The Morgan fingerprint density at radius 1 is 0.815 bits per heavy atom. The number of hydrogen-bond donors (Lipinski definition) is 0. The van der Waals surface area contributed by atoms with Crippen LogP contribution in [-0.2, 0) is 4.79 Å². The van der Waals surface area contributed by atoms with E-state index in [4.69, 9.17) is 0 Å². The first-order valence-electron chi connectivity index (χ1n) is 9.48. The number of carbonyl (C=O) groups is 1. The highest BCUT2D eigenvalue weighted by Crippen LogP contribution is 2.25. The van der Waals surface area contributed by atoms with Crippen molar-refractivity contribution in [2.45, 2.75) is 19.8 Å². The first kappa shape index (κ1) is 18.7. The van der Waals surface area contributed by atoms with Gasteiger partial charge < -0.3 is 4.90 Å². The third kappa shape index (κ3) is 4.95. The highest BCUT2D eigenvalue weighted by molar-refractivity contribution is 6.30. The molecule has 0 aliphatic rings. The predicted octanol–water partition coefficient (Wildman–Crippen LogP) is 6.06. The minimum Gasteiger partial charge on any atom is -0.308 e. The molecule has 1 amide bonds. The molecule has 27 heavy (non-hydrogen) atoms. The molecule has 0 heterocycles. The average molecular weight is 355 g/mol. The Kier molecular flexibility index (Phi) is 6.59. The third-order valence-corrected chi connectivity index (χ3v) is 4.47. The summed E-state index contributed by atoms with van der Waals surface area (Å²) in [5.74, 6) is 0.0321. The van der Waals surface area contributed by atoms with Crippen LogP contribution in [0.2, 0.25) is 0 Å². The summed E-state index contributed by atoms with van der Waals surface area (Å²) in [5, 5.41) is 0. The van der Waals surface area contributed by atoms with Crippen molar-refractivity contribution >= 4 is 23.2 Å². The summed E-state index contributed by atoms with van der Waals surface area (Å²) >= 11 is 0. The summed E-state index contributed by atoms with van der Waals surface area (Å²) in [4.78, 5) is 15.5. The normalized spacial score (nSPS) is 11.2. The molecule has 2 heteroatoms. The molecule has 0 saturated carbocycles. The Bertz CT molecular complexity index is 870. The average Bonchev–Trinajstić information content (AvgIpc) is 2.74. The van der Waals surface area contributed by atoms with Crippen molar-refractivity contribution < 1.29 is 4.79 Å². The number of hydrogen-bond acceptors (Lipinski definition) is 1. The van der Waals surface area contributed by atoms with Crippen molar-refractivity contribution in [3.05, 3.63) is 102 Å². The molecule has 3 aromatic carbocycles. The van der Waals surface area contributed by atoms with Gasteiger partial charge in [0.2, 0.25) is 0 Å². The van der Waals surface area contributed by atoms with E-state index < -0.39 is 0 Å². The largest absolute Gasteiger partial charge is 0.308 e. The van der Waals surface area contributed by atoms with Gasteiger partial charge in [-0.15, -0.1) is 0 Å². The lowest BCUT2D eigenvalue weighted by Crippen LogP contribution is -2.32. The van der Waals surface area contributed by atoms with Gasteiger partial charge >= 0.3 is 0 Å². The molecule has 0 unspecified atom stereocenters. The summed E-state index contributed by atoms with van der Waals surface area (Å²) in [6, 6.07) is 29.8. The summed E-state index contributed by atoms with van der Waals surface area (Å²) in [5.41, 5.74) is 3.60. The van der Waals surface area contributed by atoms with Crippen LogP contribution in [-0.4, -0.2) is 12.5 Å². The van der Waals surface area contributed by atoms with Crippen LogP contribution >= 0.6 is 0 Å². The molecule has 3 aromatic rings. The van der Waals surface area contributed by atoms with Crippen LogP contribution in [0.1, 0.15) is 30.9 Å². The lowest BCUT2D eigenvalue weighted by molar-refractivity contribution is -0.113. The van der Waals surface area contributed by atoms with Crippen LogP contribution in [0, 0.1) is 0 Å². The number of unbranched alkanes of at least 4 members (excludes halogenated alkanes) is 1. The van der Waals surface area contributed by atoms with Crippen molar-refractivity contribution in [3.63, 3.8) is 0 Å². The zero-order valence-electron chi connectivity index (χ0n) is 15.7. The molecular weight excluding hydrogens is 330 g/mol. The van der Waals surface area contributed by atoms with Crippen molar-refractivity contribution in [2.24, 2.45) is 0 Å². The van der Waals surface area contributed by atoms with E-state index in [0.717, 1.165) is 29.7 Å². The van der Waals surface area contributed by atoms with Crippen LogP contribution in [0.15, 0.2) is 91.0 Å². The van der Waals surface area contributed by atoms with Crippen LogP contribution in [0.5, 0.6) is 0 Å². The van der Waals surface area contributed by atoms with Crippen molar-refractivity contribution in [2.75, 3.05) is 11.4 Å². The maximum atomic E-state index is 13.6. The Morgan fingerprint density at radius 2 is 1.37 bits per heavy atom. The molecule has 0 aliphatic heterocycles. The van der Waals surface area contributed by atoms with Gasteiger partial charge in [-0.1, -0.05) is 92.2 Å². The Hall–Kier alpha value is -3.13. The molecule has 0 spiro atoms. The van der Waals surface area contributed by atoms with Crippen LogP contribution in [0.4, 0.5) is 5.69 Å². The standard InChI is InChI=1S/C25H25NO/c1-2-3-19-26(23-17-11-6-12-18-23)25(27)24(22-15-9-5-10-16-22)20-21-13-7-4-8-14-21/h4-18,20H,2-3,19H2,1H3/b24-20-. The molecular formula is C25H25NO. The van der Waals surface area contributed by atoms with Crippen LogP contribution < -0.4 is 4.90 Å². The van der Waals surface area contributed by atoms with Gasteiger partial charge in [0.1, 0.15) is 0 Å². The van der Waals surface area contributed by atoms with E-state index in [-0.39, 0.29) is 5.91 Å². The second kappa shape index (κ2) is 9.54. The van der Waals surface area contributed by atoms with Crippen LogP contribution in [0.25, 0.3) is 11.6 Å². The van der Waals surface area contributed by atoms with E-state index in [1.807, 2.05) is 102 Å². The number of benzene rings is 3. The monoisotopic (exact) mass is 355 g/mol. The molecule has 3 rings (SSSR count). The molecule has 0 aliphatic carbocycles. The molecule has 136 valence electrons. The highest BCUT2D eigenvalue weighted by Gasteiger charge is 2.20. The highest BCUT2D eigenvalue weighted by atomic mass is 16.2. The number of anilines is 1. The molecule has 2 nitrogen and oxygen atoms in total. The van der Waals surface area contributed by atoms with Crippen molar-refractivity contribution in [1.29, 1.82) is 0 Å². The van der Waals surface area contributed by atoms with Gasteiger partial charge in [-0.25, -0.2) is 0 Å². The van der Waals surface area contributed by atoms with E-state index in [2.05, 4.69) is 6.92 Å². The fourth-order valence-electron chi connectivity index (χ4n) is 3.02. The second-order valence-corrected chi connectivity index (χ2v) is 6.48. The summed E-state index contributed by atoms with van der Waals surface area (Å²) in [6.45, 7) is 2.85. The van der Waals surface area contributed by atoms with Crippen molar-refractivity contribution in [3.8, 4) is 0 Å². The second-order valence-electron chi connectivity index (χ2n) is 6.48. The SMILES string of the molecule is CCCCN(C(=O)/C(=C\c1ccccc1)c1ccccc1)c1ccccc1. The van der Waals surface area contributed by atoms with E-state index in [1.165, 1.54) is 0 Å². The smallest absolute Gasteiger partial charge is 0.258 e. The van der Waals surface area contributed by atoms with Gasteiger partial charge in [0.15, 0.2) is 0 Å². The molecule has 0 atom stereocenters. The topological polar surface area (TPSA) is 20.3 Å². The lowest BCUT2D eigenvalue weighted by Gasteiger charge is -2.24. The van der Waals surface area contributed by atoms with Gasteiger partial charge in [0.05, 0.1) is 0 Å². The third-order valence-electron chi connectivity index (χ3n) is 4.47. The Balaban J connectivity index is 2.04. The maximum absolute atomic E-state index is 13.6. The van der Waals surface area contributed by atoms with Gasteiger partial charge in [-0.2, -0.15) is 0 Å². The van der Waals surface area contributed by atoms with Gasteiger partial charge in [-0.3, -0.25) is 4.79 Å². The Labute approximate surface area is 161 Å². The molecule has 0 radical (unpaired) electrons. The Morgan fingerprint density at radius 3 is 1.96 bits per heavy atom. The zero-order valence-corrected chi connectivity index (χ0v) is 15.7. The summed E-state index contributed by atoms with van der Waals surface area (Å²) in [7, 11) is 0. The van der Waals surface area contributed by atoms with Crippen LogP contribution in [0.3, 0.4) is 0 Å². The van der Waals surface area contributed by atoms with Gasteiger partial charge in [-0.05, 0) is 35.8 Å². The van der Waals surface area contributed by atoms with E-state index in [0.29, 0.717) is 12.1 Å². The summed E-state index contributed by atoms with van der Waals surface area (Å²) in [6.07, 6.45) is 3.99. The number of amides is 1. The number of carbonyl (C=O) groups excluding carboxylic acids is 1. The minimum atomic E-state index is 0.0321. The summed E-state index contributed by atoms with van der Waals surface area (Å²) < 4.78 is 0. The molecule has 0 saturated heterocycles. The molecule has 0 fully saturated rings. The van der Waals surface area contributed by atoms with Crippen molar-refractivity contribution in [1.82, 2.24) is 0 Å². The maximum Gasteiger partial charge on any atom is 0.258 e.